The number of rotatable bonds is 8. The quantitative estimate of drug-likeness (QED) is 0.319. The van der Waals surface area contributed by atoms with Crippen molar-refractivity contribution >= 4 is 44.5 Å². The van der Waals surface area contributed by atoms with E-state index >= 15 is 0 Å². The first-order valence-electron chi connectivity index (χ1n) is 14.0. The number of piperazine rings is 1. The second-order valence-electron chi connectivity index (χ2n) is 10.6. The summed E-state index contributed by atoms with van der Waals surface area (Å²) in [5.41, 5.74) is 9.51. The predicted octanol–water partition coefficient (Wildman–Crippen LogP) is 3.07. The Kier molecular flexibility index (Phi) is 7.87. The number of nitrogens with one attached hydrogen (secondary N) is 1. The van der Waals surface area contributed by atoms with Gasteiger partial charge in [0.1, 0.15) is 18.0 Å². The van der Waals surface area contributed by atoms with Gasteiger partial charge < -0.3 is 25.6 Å². The van der Waals surface area contributed by atoms with Crippen LogP contribution in [-0.4, -0.2) is 82.1 Å². The molecule has 43 heavy (non-hydrogen) atoms. The lowest BCUT2D eigenvalue weighted by Gasteiger charge is -2.45. The third kappa shape index (κ3) is 5.71. The average molecular weight is 600 g/mol. The molecule has 0 radical (unpaired) electrons. The molecule has 222 valence electrons. The van der Waals surface area contributed by atoms with Crippen LogP contribution in [-0.2, 0) is 29.1 Å². The molecule has 0 bridgehead atoms. The number of fused-ring (bicyclic) bond motifs is 2. The summed E-state index contributed by atoms with van der Waals surface area (Å²) < 4.78 is 6.16. The van der Waals surface area contributed by atoms with E-state index in [0.717, 1.165) is 32.7 Å². The van der Waals surface area contributed by atoms with Crippen molar-refractivity contribution in [3.63, 3.8) is 0 Å². The monoisotopic (exact) mass is 599 g/mol. The van der Waals surface area contributed by atoms with Gasteiger partial charge in [0.05, 0.1) is 30.4 Å². The lowest BCUT2D eigenvalue weighted by Crippen LogP contribution is -2.65. The van der Waals surface area contributed by atoms with E-state index in [1.165, 1.54) is 16.3 Å². The van der Waals surface area contributed by atoms with Crippen LogP contribution in [0.5, 0.6) is 5.75 Å². The Bertz CT molecular complexity index is 1650. The molecule has 0 unspecified atom stereocenters. The van der Waals surface area contributed by atoms with Gasteiger partial charge >= 0.3 is 6.03 Å². The second kappa shape index (κ2) is 11.9. The predicted molar refractivity (Wildman–Crippen MR) is 164 cm³/mol. The number of anilines is 1. The van der Waals surface area contributed by atoms with Crippen molar-refractivity contribution in [2.75, 3.05) is 33.0 Å². The first kappa shape index (κ1) is 28.4. The van der Waals surface area contributed by atoms with Crippen LogP contribution in [0.25, 0.3) is 10.2 Å². The smallest absolute Gasteiger partial charge is 0.332 e. The summed E-state index contributed by atoms with van der Waals surface area (Å²) in [7, 11) is 3.25. The Hall–Kier alpha value is -4.68. The number of carbonyl (C=O) groups is 3. The van der Waals surface area contributed by atoms with Gasteiger partial charge in [-0.15, -0.1) is 0 Å². The van der Waals surface area contributed by atoms with Crippen molar-refractivity contribution in [3.05, 3.63) is 89.5 Å². The maximum absolute atomic E-state index is 14.0. The molecule has 3 aromatic carbocycles. The Morgan fingerprint density at radius 3 is 2.58 bits per heavy atom. The number of hydrogen-bond donors (Lipinski definition) is 2. The van der Waals surface area contributed by atoms with Crippen molar-refractivity contribution < 1.29 is 19.1 Å². The van der Waals surface area contributed by atoms with Crippen LogP contribution in [0.1, 0.15) is 16.7 Å². The summed E-state index contributed by atoms with van der Waals surface area (Å²) in [6.45, 7) is 0.847. The third-order valence-electron chi connectivity index (χ3n) is 8.00. The van der Waals surface area contributed by atoms with Crippen LogP contribution in [0.4, 0.5) is 9.93 Å². The summed E-state index contributed by atoms with van der Waals surface area (Å²) in [5.74, 6) is 0.407. The molecule has 2 aliphatic heterocycles. The lowest BCUT2D eigenvalue weighted by atomic mass is 10.00. The van der Waals surface area contributed by atoms with E-state index in [9.17, 15) is 14.4 Å². The minimum Gasteiger partial charge on any atom is -0.497 e. The van der Waals surface area contributed by atoms with E-state index in [1.807, 2.05) is 72.8 Å². The lowest BCUT2D eigenvalue weighted by molar-refractivity contribution is -0.157. The van der Waals surface area contributed by atoms with Gasteiger partial charge in [0.2, 0.25) is 11.8 Å². The molecule has 2 aliphatic rings. The summed E-state index contributed by atoms with van der Waals surface area (Å²) in [5, 5.41) is 6.59. The number of benzene rings is 3. The molecule has 0 spiro atoms. The van der Waals surface area contributed by atoms with Gasteiger partial charge in [-0.3, -0.25) is 14.6 Å². The van der Waals surface area contributed by atoms with Gasteiger partial charge in [-0.05, 0) is 34.9 Å². The highest BCUT2D eigenvalue weighted by molar-refractivity contribution is 7.22. The fraction of sp³-hybridized carbons (Fsp3) is 0.290. The SMILES string of the molecule is COc1ccc(CNC(=O)N(C)N2CC(=O)N3[C@@H](Cc4ccccc4)C(=O)N(Cc4cccc5sc(N)nc45)C[C@@H]32)cc1. The van der Waals surface area contributed by atoms with Gasteiger partial charge in [0.15, 0.2) is 5.13 Å². The molecule has 2 atom stereocenters. The Labute approximate surface area is 253 Å². The number of methoxy groups -OCH3 is 1. The molecule has 4 aromatic rings. The molecule has 3 heterocycles. The number of hydrogen-bond acceptors (Lipinski definition) is 8. The van der Waals surface area contributed by atoms with E-state index in [0.29, 0.717) is 24.6 Å². The number of nitrogens with zero attached hydrogens (tertiary/aromatic N) is 5. The summed E-state index contributed by atoms with van der Waals surface area (Å²) >= 11 is 1.40. The standard InChI is InChI=1S/C31H33N7O4S/c1-35(31(41)33-16-21-11-13-23(42-2)14-12-21)37-19-27(39)38-24(15-20-7-4-3-5-8-20)29(40)36(18-26(37)38)17-22-9-6-10-25-28(22)34-30(32)43-25/h3-14,24,26H,15-19H2,1-2H3,(H2,32,34)(H,33,41)/t24-,26+/m0/s1. The van der Waals surface area contributed by atoms with Crippen LogP contribution in [0, 0.1) is 0 Å². The number of hydrazine groups is 1. The number of nitrogen functional groups attached to an aromatic ring is 1. The van der Waals surface area contributed by atoms with E-state index < -0.39 is 12.2 Å². The zero-order valence-electron chi connectivity index (χ0n) is 24.0. The normalized spacial score (nSPS) is 18.7. The largest absolute Gasteiger partial charge is 0.497 e. The molecule has 1 aromatic heterocycles. The van der Waals surface area contributed by atoms with E-state index in [1.54, 1.807) is 29.0 Å². The summed E-state index contributed by atoms with van der Waals surface area (Å²) in [4.78, 5) is 48.8. The van der Waals surface area contributed by atoms with Crippen molar-refractivity contribution in [2.45, 2.75) is 31.7 Å². The third-order valence-corrected chi connectivity index (χ3v) is 8.85. The topological polar surface area (TPSA) is 124 Å². The summed E-state index contributed by atoms with van der Waals surface area (Å²) in [6, 6.07) is 21.9. The maximum atomic E-state index is 14.0. The maximum Gasteiger partial charge on any atom is 0.332 e. The number of thiazole rings is 1. The second-order valence-corrected chi connectivity index (χ2v) is 11.7. The van der Waals surface area contributed by atoms with Crippen LogP contribution in [0.2, 0.25) is 0 Å². The van der Waals surface area contributed by atoms with Crippen molar-refractivity contribution in [1.29, 1.82) is 0 Å². The Balaban J connectivity index is 1.25. The van der Waals surface area contributed by atoms with Gasteiger partial charge in [0, 0.05) is 26.6 Å². The molecule has 4 amide bonds. The van der Waals surface area contributed by atoms with Gasteiger partial charge in [0.25, 0.3) is 0 Å². The fourth-order valence-corrected chi connectivity index (χ4v) is 6.58. The number of aromatic nitrogens is 1. The minimum atomic E-state index is -0.714. The van der Waals surface area contributed by atoms with E-state index in [2.05, 4.69) is 10.3 Å². The molecule has 0 aliphatic carbocycles. The van der Waals surface area contributed by atoms with Gasteiger partial charge in [-0.1, -0.05) is 65.9 Å². The molecule has 3 N–H and O–H groups in total. The Morgan fingerprint density at radius 2 is 1.84 bits per heavy atom. The highest BCUT2D eigenvalue weighted by atomic mass is 32.1. The van der Waals surface area contributed by atoms with Crippen molar-refractivity contribution in [2.24, 2.45) is 0 Å². The number of amides is 4. The zero-order valence-corrected chi connectivity index (χ0v) is 24.8. The highest BCUT2D eigenvalue weighted by Gasteiger charge is 2.51. The number of urea groups is 1. The number of ether oxygens (including phenoxy) is 1. The number of para-hydroxylation sites is 1. The molecule has 2 fully saturated rings. The number of nitrogens with two attached hydrogens (primary N) is 1. The molecule has 12 heteroatoms. The van der Waals surface area contributed by atoms with Crippen molar-refractivity contribution in [1.82, 2.24) is 30.1 Å². The highest BCUT2D eigenvalue weighted by Crippen LogP contribution is 2.32. The summed E-state index contributed by atoms with van der Waals surface area (Å²) in [6.07, 6.45) is -0.150. The molecule has 0 saturated carbocycles. The first-order chi connectivity index (χ1) is 20.8. The van der Waals surface area contributed by atoms with E-state index in [-0.39, 0.29) is 30.9 Å². The molecule has 11 nitrogen and oxygen atoms in total. The molecular formula is C31H33N7O4S. The Morgan fingerprint density at radius 1 is 1.07 bits per heavy atom. The van der Waals surface area contributed by atoms with Gasteiger partial charge in [-0.2, -0.15) is 5.01 Å². The molecule has 2 saturated heterocycles. The average Bonchev–Trinajstić information content (AvgIpc) is 3.57. The first-order valence-corrected chi connectivity index (χ1v) is 14.8. The fourth-order valence-electron chi connectivity index (χ4n) is 5.80. The van der Waals surface area contributed by atoms with Crippen molar-refractivity contribution in [3.8, 4) is 5.75 Å². The minimum absolute atomic E-state index is 0.0122. The number of carbonyl (C=O) groups excluding carboxylic acids is 3. The molecular weight excluding hydrogens is 566 g/mol. The van der Waals surface area contributed by atoms with Crippen LogP contribution in [0.15, 0.2) is 72.8 Å². The van der Waals surface area contributed by atoms with Gasteiger partial charge in [-0.25, -0.2) is 9.78 Å². The molecule has 6 rings (SSSR count). The van der Waals surface area contributed by atoms with E-state index in [4.69, 9.17) is 10.5 Å². The van der Waals surface area contributed by atoms with Crippen LogP contribution in [0.3, 0.4) is 0 Å². The van der Waals surface area contributed by atoms with Crippen LogP contribution >= 0.6 is 11.3 Å². The van der Waals surface area contributed by atoms with Crippen LogP contribution < -0.4 is 15.8 Å². The zero-order chi connectivity index (χ0) is 30.1.